The third-order valence-corrected chi connectivity index (χ3v) is 4.93. The molecule has 1 saturated heterocycles. The van der Waals surface area contributed by atoms with Crippen molar-refractivity contribution in [3.63, 3.8) is 0 Å². The van der Waals surface area contributed by atoms with Crippen molar-refractivity contribution in [3.8, 4) is 0 Å². The molecule has 3 fully saturated rings. The standard InChI is InChI=1S/C17H24N2/c1-2-12-19(11-1)16-9-7-15(8-10-16)18-17(13-3-4-13)14-5-6-14/h7-10,13-14,17-18H,1-6,11-12H2. The van der Waals surface area contributed by atoms with Crippen LogP contribution in [0.15, 0.2) is 24.3 Å². The zero-order valence-corrected chi connectivity index (χ0v) is 11.6. The van der Waals surface area contributed by atoms with Crippen molar-refractivity contribution >= 4 is 11.4 Å². The van der Waals surface area contributed by atoms with Gasteiger partial charge in [-0.2, -0.15) is 0 Å². The quantitative estimate of drug-likeness (QED) is 0.860. The molecule has 3 aliphatic rings. The zero-order chi connectivity index (χ0) is 12.7. The van der Waals surface area contributed by atoms with Crippen molar-refractivity contribution in [2.75, 3.05) is 23.3 Å². The predicted octanol–water partition coefficient (Wildman–Crippen LogP) is 3.89. The summed E-state index contributed by atoms with van der Waals surface area (Å²) in [6.45, 7) is 2.47. The fourth-order valence-corrected chi connectivity index (χ4v) is 3.47. The van der Waals surface area contributed by atoms with E-state index in [1.807, 2.05) is 0 Å². The number of rotatable bonds is 5. The van der Waals surface area contributed by atoms with Gasteiger partial charge < -0.3 is 10.2 Å². The Kier molecular flexibility index (Phi) is 2.90. The van der Waals surface area contributed by atoms with E-state index in [2.05, 4.69) is 34.5 Å². The Hall–Kier alpha value is -1.18. The number of nitrogens with zero attached hydrogens (tertiary/aromatic N) is 1. The highest BCUT2D eigenvalue weighted by atomic mass is 15.1. The first-order valence-electron chi connectivity index (χ1n) is 8.02. The van der Waals surface area contributed by atoms with Crippen molar-refractivity contribution in [1.82, 2.24) is 0 Å². The van der Waals surface area contributed by atoms with Crippen LogP contribution < -0.4 is 10.2 Å². The van der Waals surface area contributed by atoms with E-state index in [4.69, 9.17) is 0 Å². The molecule has 102 valence electrons. The fraction of sp³-hybridized carbons (Fsp3) is 0.647. The predicted molar refractivity (Wildman–Crippen MR) is 80.7 cm³/mol. The van der Waals surface area contributed by atoms with Crippen LogP contribution in [-0.2, 0) is 0 Å². The van der Waals surface area contributed by atoms with E-state index in [0.717, 1.165) is 17.9 Å². The van der Waals surface area contributed by atoms with Crippen molar-refractivity contribution in [3.05, 3.63) is 24.3 Å². The Bertz CT molecular complexity index is 413. The molecule has 1 heterocycles. The lowest BCUT2D eigenvalue weighted by Gasteiger charge is -2.21. The molecule has 2 heteroatoms. The highest BCUT2D eigenvalue weighted by molar-refractivity contribution is 5.56. The zero-order valence-electron chi connectivity index (χ0n) is 11.6. The minimum atomic E-state index is 0.762. The summed E-state index contributed by atoms with van der Waals surface area (Å²) in [6, 6.07) is 9.92. The minimum absolute atomic E-state index is 0.762. The molecule has 1 aromatic rings. The lowest BCUT2D eigenvalue weighted by Crippen LogP contribution is -2.24. The van der Waals surface area contributed by atoms with Gasteiger partial charge in [0, 0.05) is 30.5 Å². The van der Waals surface area contributed by atoms with Crippen LogP contribution in [0, 0.1) is 11.8 Å². The van der Waals surface area contributed by atoms with Gasteiger partial charge in [-0.05, 0) is 74.6 Å². The van der Waals surface area contributed by atoms with Crippen LogP contribution in [0.1, 0.15) is 38.5 Å². The van der Waals surface area contributed by atoms with Crippen LogP contribution in [0.2, 0.25) is 0 Å². The molecule has 2 nitrogen and oxygen atoms in total. The molecule has 0 atom stereocenters. The number of hydrogen-bond acceptors (Lipinski definition) is 2. The van der Waals surface area contributed by atoms with Gasteiger partial charge in [0.1, 0.15) is 0 Å². The van der Waals surface area contributed by atoms with Gasteiger partial charge in [-0.3, -0.25) is 0 Å². The average molecular weight is 256 g/mol. The minimum Gasteiger partial charge on any atom is -0.382 e. The number of benzene rings is 1. The largest absolute Gasteiger partial charge is 0.382 e. The van der Waals surface area contributed by atoms with Crippen molar-refractivity contribution in [2.24, 2.45) is 11.8 Å². The Labute approximate surface area is 116 Å². The first-order valence-corrected chi connectivity index (χ1v) is 8.02. The molecule has 1 aliphatic heterocycles. The highest BCUT2D eigenvalue weighted by Crippen LogP contribution is 2.45. The Morgan fingerprint density at radius 2 is 1.47 bits per heavy atom. The summed E-state index contributed by atoms with van der Waals surface area (Å²) in [6.07, 6.45) is 8.48. The molecule has 0 unspecified atom stereocenters. The fourth-order valence-electron chi connectivity index (χ4n) is 3.47. The second kappa shape index (κ2) is 4.73. The second-order valence-corrected chi connectivity index (χ2v) is 6.59. The van der Waals surface area contributed by atoms with Crippen LogP contribution in [0.5, 0.6) is 0 Å². The molecule has 1 N–H and O–H groups in total. The van der Waals surface area contributed by atoms with Gasteiger partial charge in [-0.15, -0.1) is 0 Å². The molecule has 4 rings (SSSR count). The van der Waals surface area contributed by atoms with E-state index in [1.54, 1.807) is 0 Å². The van der Waals surface area contributed by atoms with E-state index >= 15 is 0 Å². The van der Waals surface area contributed by atoms with Gasteiger partial charge in [0.15, 0.2) is 0 Å². The summed E-state index contributed by atoms with van der Waals surface area (Å²) in [5.41, 5.74) is 2.73. The van der Waals surface area contributed by atoms with E-state index in [0.29, 0.717) is 0 Å². The van der Waals surface area contributed by atoms with Crippen LogP contribution >= 0.6 is 0 Å². The molecule has 2 aliphatic carbocycles. The normalized spacial score (nSPS) is 23.1. The van der Waals surface area contributed by atoms with E-state index in [-0.39, 0.29) is 0 Å². The van der Waals surface area contributed by atoms with Crippen molar-refractivity contribution in [1.29, 1.82) is 0 Å². The van der Waals surface area contributed by atoms with Gasteiger partial charge in [-0.1, -0.05) is 0 Å². The Morgan fingerprint density at radius 3 is 2.00 bits per heavy atom. The molecule has 0 aromatic heterocycles. The van der Waals surface area contributed by atoms with Gasteiger partial charge in [-0.25, -0.2) is 0 Å². The Morgan fingerprint density at radius 1 is 0.895 bits per heavy atom. The second-order valence-electron chi connectivity index (χ2n) is 6.59. The van der Waals surface area contributed by atoms with E-state index < -0.39 is 0 Å². The van der Waals surface area contributed by atoms with Crippen LogP contribution in [-0.4, -0.2) is 19.1 Å². The summed E-state index contributed by atoms with van der Waals surface area (Å²) >= 11 is 0. The lowest BCUT2D eigenvalue weighted by atomic mass is 10.1. The molecule has 0 radical (unpaired) electrons. The maximum absolute atomic E-state index is 3.80. The van der Waals surface area contributed by atoms with Crippen molar-refractivity contribution in [2.45, 2.75) is 44.6 Å². The molecule has 0 amide bonds. The smallest absolute Gasteiger partial charge is 0.0367 e. The van der Waals surface area contributed by atoms with Crippen LogP contribution in [0.4, 0.5) is 11.4 Å². The Balaban J connectivity index is 1.43. The summed E-state index contributed by atoms with van der Waals surface area (Å²) in [4.78, 5) is 2.50. The maximum atomic E-state index is 3.80. The van der Waals surface area contributed by atoms with E-state index in [9.17, 15) is 0 Å². The molecular weight excluding hydrogens is 232 g/mol. The molecule has 1 aromatic carbocycles. The van der Waals surface area contributed by atoms with Crippen LogP contribution in [0.3, 0.4) is 0 Å². The number of hydrogen-bond donors (Lipinski definition) is 1. The first kappa shape index (κ1) is 11.6. The lowest BCUT2D eigenvalue weighted by molar-refractivity contribution is 0.568. The maximum Gasteiger partial charge on any atom is 0.0367 e. The summed E-state index contributed by atoms with van der Waals surface area (Å²) in [7, 11) is 0. The molecule has 0 spiro atoms. The SMILES string of the molecule is c1cc(N2CCCC2)ccc1NC(C1CC1)C1CC1. The molecule has 2 saturated carbocycles. The van der Waals surface area contributed by atoms with Gasteiger partial charge in [0.2, 0.25) is 0 Å². The van der Waals surface area contributed by atoms with Crippen molar-refractivity contribution < 1.29 is 0 Å². The number of anilines is 2. The van der Waals surface area contributed by atoms with Crippen LogP contribution in [0.25, 0.3) is 0 Å². The highest BCUT2D eigenvalue weighted by Gasteiger charge is 2.41. The topological polar surface area (TPSA) is 15.3 Å². The van der Waals surface area contributed by atoms with Gasteiger partial charge >= 0.3 is 0 Å². The van der Waals surface area contributed by atoms with E-state index in [1.165, 1.54) is 63.0 Å². The van der Waals surface area contributed by atoms with Gasteiger partial charge in [0.25, 0.3) is 0 Å². The third-order valence-electron chi connectivity index (χ3n) is 4.93. The number of nitrogens with one attached hydrogen (secondary N) is 1. The summed E-state index contributed by atoms with van der Waals surface area (Å²) in [5.74, 6) is 1.93. The first-order chi connectivity index (χ1) is 9.40. The molecule has 0 bridgehead atoms. The average Bonchev–Trinajstić information content (AvgIpc) is 3.37. The summed E-state index contributed by atoms with van der Waals surface area (Å²) < 4.78 is 0. The summed E-state index contributed by atoms with van der Waals surface area (Å²) in [5, 5.41) is 3.80. The molecule has 19 heavy (non-hydrogen) atoms. The third kappa shape index (κ3) is 2.58. The molecular formula is C17H24N2. The monoisotopic (exact) mass is 256 g/mol. The van der Waals surface area contributed by atoms with Gasteiger partial charge in [0.05, 0.1) is 0 Å².